The molecule has 0 aromatic heterocycles. The second kappa shape index (κ2) is 8.42. The summed E-state index contributed by atoms with van der Waals surface area (Å²) in [4.78, 5) is 36.2. The lowest BCUT2D eigenvalue weighted by atomic mass is 9.91. The van der Waals surface area contributed by atoms with Crippen LogP contribution in [0, 0.1) is 17.5 Å². The van der Waals surface area contributed by atoms with Crippen LogP contribution >= 0.6 is 0 Å². The first-order chi connectivity index (χ1) is 15.7. The molecule has 1 unspecified atom stereocenters. The molecule has 1 saturated heterocycles. The van der Waals surface area contributed by atoms with Crippen LogP contribution in [0.1, 0.15) is 28.4 Å². The van der Waals surface area contributed by atoms with E-state index in [1.165, 1.54) is 49.4 Å². The standard InChI is InChI=1S/C24H17F3N2O4/c1-24(22(31)28-23(32)29-24)16-5-2-4-14(11-16)21(30)33-12-15-10-13(8-9-18(15)25)17-6-3-7-19(26)20(17)27/h2-11H,12H2,1H3,(H2,28,29,31,32). The first-order valence-electron chi connectivity index (χ1n) is 9.83. The lowest BCUT2D eigenvalue weighted by molar-refractivity contribution is -0.123. The summed E-state index contributed by atoms with van der Waals surface area (Å²) in [5, 5.41) is 4.64. The van der Waals surface area contributed by atoms with Crippen molar-refractivity contribution in [2.45, 2.75) is 19.1 Å². The van der Waals surface area contributed by atoms with E-state index in [0.717, 1.165) is 12.1 Å². The van der Waals surface area contributed by atoms with Crippen molar-refractivity contribution in [3.63, 3.8) is 0 Å². The Morgan fingerprint density at radius 3 is 2.45 bits per heavy atom. The van der Waals surface area contributed by atoms with Crippen LogP contribution in [0.15, 0.2) is 60.7 Å². The Kier molecular flexibility index (Phi) is 5.63. The third-order valence-corrected chi connectivity index (χ3v) is 5.39. The maximum atomic E-state index is 14.3. The second-order valence-corrected chi connectivity index (χ2v) is 7.60. The number of benzene rings is 3. The smallest absolute Gasteiger partial charge is 0.338 e. The van der Waals surface area contributed by atoms with Crippen molar-refractivity contribution in [1.29, 1.82) is 0 Å². The molecule has 1 atom stereocenters. The molecule has 3 aromatic carbocycles. The zero-order valence-electron chi connectivity index (χ0n) is 17.2. The van der Waals surface area contributed by atoms with E-state index in [4.69, 9.17) is 4.74 Å². The number of amides is 3. The SMILES string of the molecule is CC1(c2cccc(C(=O)OCc3cc(-c4cccc(F)c4F)ccc3F)c2)NC(=O)NC1=O. The normalized spacial score (nSPS) is 17.5. The molecule has 0 bridgehead atoms. The molecule has 4 rings (SSSR count). The molecule has 3 aromatic rings. The molecular formula is C24H17F3N2O4. The van der Waals surface area contributed by atoms with Gasteiger partial charge in [0.25, 0.3) is 5.91 Å². The van der Waals surface area contributed by atoms with Gasteiger partial charge in [-0.3, -0.25) is 10.1 Å². The number of carbonyl (C=O) groups is 3. The Bertz CT molecular complexity index is 1290. The predicted molar refractivity (Wildman–Crippen MR) is 111 cm³/mol. The molecule has 0 saturated carbocycles. The lowest BCUT2D eigenvalue weighted by Crippen LogP contribution is -2.40. The third kappa shape index (κ3) is 4.17. The number of carbonyl (C=O) groups excluding carboxylic acids is 3. The van der Waals surface area contributed by atoms with E-state index in [0.29, 0.717) is 5.56 Å². The van der Waals surface area contributed by atoms with Gasteiger partial charge in [0.15, 0.2) is 11.6 Å². The highest BCUT2D eigenvalue weighted by atomic mass is 19.2. The van der Waals surface area contributed by atoms with Crippen molar-refractivity contribution >= 4 is 17.9 Å². The van der Waals surface area contributed by atoms with Crippen LogP contribution < -0.4 is 10.6 Å². The highest BCUT2D eigenvalue weighted by Gasteiger charge is 2.43. The highest BCUT2D eigenvalue weighted by Crippen LogP contribution is 2.28. The van der Waals surface area contributed by atoms with E-state index in [-0.39, 0.29) is 22.3 Å². The molecule has 1 fully saturated rings. The molecule has 9 heteroatoms. The van der Waals surface area contributed by atoms with Crippen molar-refractivity contribution in [2.24, 2.45) is 0 Å². The fraction of sp³-hybridized carbons (Fsp3) is 0.125. The van der Waals surface area contributed by atoms with Crippen LogP contribution in [-0.4, -0.2) is 17.9 Å². The van der Waals surface area contributed by atoms with Crippen molar-refractivity contribution in [3.05, 3.63) is 94.8 Å². The zero-order chi connectivity index (χ0) is 23.8. The van der Waals surface area contributed by atoms with Crippen molar-refractivity contribution in [1.82, 2.24) is 10.6 Å². The number of esters is 1. The Labute approximate surface area is 186 Å². The molecule has 0 aliphatic carbocycles. The number of hydrogen-bond acceptors (Lipinski definition) is 4. The Balaban J connectivity index is 1.54. The summed E-state index contributed by atoms with van der Waals surface area (Å²) >= 11 is 0. The molecule has 1 aliphatic heterocycles. The average Bonchev–Trinajstić information content (AvgIpc) is 3.07. The Morgan fingerprint density at radius 2 is 1.73 bits per heavy atom. The van der Waals surface area contributed by atoms with Gasteiger partial charge in [-0.1, -0.05) is 30.3 Å². The first-order valence-corrected chi connectivity index (χ1v) is 9.83. The van der Waals surface area contributed by atoms with Gasteiger partial charge in [-0.05, 0) is 48.4 Å². The van der Waals surface area contributed by atoms with Crippen LogP contribution in [0.25, 0.3) is 11.1 Å². The number of rotatable bonds is 5. The number of ether oxygens (including phenoxy) is 1. The summed E-state index contributed by atoms with van der Waals surface area (Å²) in [6.45, 7) is 1.03. The van der Waals surface area contributed by atoms with Gasteiger partial charge >= 0.3 is 12.0 Å². The number of imide groups is 1. The van der Waals surface area contributed by atoms with Gasteiger partial charge in [-0.15, -0.1) is 0 Å². The van der Waals surface area contributed by atoms with Crippen molar-refractivity contribution < 1.29 is 32.3 Å². The lowest BCUT2D eigenvalue weighted by Gasteiger charge is -2.21. The topological polar surface area (TPSA) is 84.5 Å². The van der Waals surface area contributed by atoms with Crippen LogP contribution in [0.3, 0.4) is 0 Å². The van der Waals surface area contributed by atoms with Gasteiger partial charge in [0, 0.05) is 11.1 Å². The monoisotopic (exact) mass is 454 g/mol. The fourth-order valence-electron chi connectivity index (χ4n) is 3.51. The largest absolute Gasteiger partial charge is 0.457 e. The van der Waals surface area contributed by atoms with E-state index >= 15 is 0 Å². The fourth-order valence-corrected chi connectivity index (χ4v) is 3.51. The molecule has 6 nitrogen and oxygen atoms in total. The molecule has 33 heavy (non-hydrogen) atoms. The van der Waals surface area contributed by atoms with E-state index in [9.17, 15) is 27.6 Å². The van der Waals surface area contributed by atoms with Crippen LogP contribution in [-0.2, 0) is 21.7 Å². The van der Waals surface area contributed by atoms with Crippen LogP contribution in [0.5, 0.6) is 0 Å². The van der Waals surface area contributed by atoms with Crippen molar-refractivity contribution in [2.75, 3.05) is 0 Å². The third-order valence-electron chi connectivity index (χ3n) is 5.39. The molecule has 1 aliphatic rings. The minimum Gasteiger partial charge on any atom is -0.457 e. The van der Waals surface area contributed by atoms with Gasteiger partial charge < -0.3 is 10.1 Å². The second-order valence-electron chi connectivity index (χ2n) is 7.60. The van der Waals surface area contributed by atoms with Gasteiger partial charge in [-0.25, -0.2) is 22.8 Å². The molecule has 2 N–H and O–H groups in total. The van der Waals surface area contributed by atoms with Crippen molar-refractivity contribution in [3.8, 4) is 11.1 Å². The summed E-state index contributed by atoms with van der Waals surface area (Å²) in [5.74, 6) is -4.16. The first kappa shape index (κ1) is 22.1. The summed E-state index contributed by atoms with van der Waals surface area (Å²) in [6.07, 6.45) is 0. The van der Waals surface area contributed by atoms with Crippen LogP contribution in [0.4, 0.5) is 18.0 Å². The molecule has 0 radical (unpaired) electrons. The number of urea groups is 1. The maximum absolute atomic E-state index is 14.3. The Hall–Kier alpha value is -4.14. The zero-order valence-corrected chi connectivity index (χ0v) is 17.2. The number of hydrogen-bond donors (Lipinski definition) is 2. The average molecular weight is 454 g/mol. The maximum Gasteiger partial charge on any atom is 0.338 e. The minimum absolute atomic E-state index is 0.0324. The van der Waals surface area contributed by atoms with E-state index in [1.807, 2.05) is 0 Å². The summed E-state index contributed by atoms with van der Waals surface area (Å²) in [7, 11) is 0. The van der Waals surface area contributed by atoms with Gasteiger partial charge in [0.1, 0.15) is 18.0 Å². The summed E-state index contributed by atoms with van der Waals surface area (Å²) < 4.78 is 47.1. The molecule has 0 spiro atoms. The minimum atomic E-state index is -1.36. The predicted octanol–water partition coefficient (Wildman–Crippen LogP) is 4.18. The van der Waals surface area contributed by atoms with E-state index in [2.05, 4.69) is 10.6 Å². The van der Waals surface area contributed by atoms with Crippen LogP contribution in [0.2, 0.25) is 0 Å². The Morgan fingerprint density at radius 1 is 0.970 bits per heavy atom. The number of nitrogens with one attached hydrogen (secondary N) is 2. The molecule has 3 amide bonds. The van der Waals surface area contributed by atoms with Gasteiger partial charge in [0.2, 0.25) is 0 Å². The molecule has 1 heterocycles. The number of halogens is 3. The van der Waals surface area contributed by atoms with Gasteiger partial charge in [0.05, 0.1) is 5.56 Å². The van der Waals surface area contributed by atoms with E-state index < -0.39 is 47.5 Å². The van der Waals surface area contributed by atoms with E-state index in [1.54, 1.807) is 6.07 Å². The molecular weight excluding hydrogens is 437 g/mol. The highest BCUT2D eigenvalue weighted by molar-refractivity contribution is 6.07. The summed E-state index contributed by atoms with van der Waals surface area (Å²) in [6, 6.07) is 12.6. The molecule has 168 valence electrons. The van der Waals surface area contributed by atoms with Gasteiger partial charge in [-0.2, -0.15) is 0 Å². The quantitative estimate of drug-likeness (QED) is 0.448. The summed E-state index contributed by atoms with van der Waals surface area (Å²) in [5.41, 5.74) is -0.790.